The number of nitrogens with zero attached hydrogens (tertiary/aromatic N) is 4. The summed E-state index contributed by atoms with van der Waals surface area (Å²) in [6.07, 6.45) is 9.78. The molecule has 2 fully saturated rings. The molecule has 6 heteroatoms. The first-order chi connectivity index (χ1) is 16.6. The van der Waals surface area contributed by atoms with Gasteiger partial charge in [0.1, 0.15) is 5.65 Å². The van der Waals surface area contributed by atoms with E-state index in [9.17, 15) is 4.79 Å². The highest BCUT2D eigenvalue weighted by molar-refractivity contribution is 5.82. The number of benzene rings is 1. The van der Waals surface area contributed by atoms with E-state index in [1.165, 1.54) is 11.1 Å². The smallest absolute Gasteiger partial charge is 0.228 e. The van der Waals surface area contributed by atoms with E-state index in [0.29, 0.717) is 31.6 Å². The summed E-state index contributed by atoms with van der Waals surface area (Å²) in [5.41, 5.74) is 3.33. The quantitative estimate of drug-likeness (QED) is 0.563. The van der Waals surface area contributed by atoms with E-state index in [1.807, 2.05) is 12.4 Å². The zero-order valence-electron chi connectivity index (χ0n) is 20.2. The van der Waals surface area contributed by atoms with Gasteiger partial charge in [-0.05, 0) is 56.0 Å². The summed E-state index contributed by atoms with van der Waals surface area (Å²) in [6, 6.07) is 14.9. The first kappa shape index (κ1) is 23.1. The molecular weight excluding hydrogens is 424 g/mol. The molecule has 2 aliphatic heterocycles. The van der Waals surface area contributed by atoms with Crippen molar-refractivity contribution in [2.24, 2.45) is 11.3 Å². The molecule has 5 rings (SSSR count). The lowest BCUT2D eigenvalue weighted by molar-refractivity contribution is -0.144. The number of carbonyl (C=O) groups is 1. The first-order valence-corrected chi connectivity index (χ1v) is 12.6. The maximum Gasteiger partial charge on any atom is 0.228 e. The Hall–Kier alpha value is -2.70. The Morgan fingerprint density at radius 3 is 2.74 bits per heavy atom. The molecule has 34 heavy (non-hydrogen) atoms. The van der Waals surface area contributed by atoms with Gasteiger partial charge >= 0.3 is 0 Å². The van der Waals surface area contributed by atoms with E-state index in [1.54, 1.807) is 0 Å². The van der Waals surface area contributed by atoms with Crippen LogP contribution in [0.4, 0.5) is 0 Å². The third kappa shape index (κ3) is 5.34. The van der Waals surface area contributed by atoms with Gasteiger partial charge < -0.3 is 18.9 Å². The second-order valence-corrected chi connectivity index (χ2v) is 10.3. The fourth-order valence-corrected chi connectivity index (χ4v) is 5.41. The van der Waals surface area contributed by atoms with Crippen LogP contribution >= 0.6 is 0 Å². The fraction of sp³-hybridized carbons (Fsp3) is 0.500. The van der Waals surface area contributed by atoms with Crippen LogP contribution in [0.5, 0.6) is 0 Å². The number of piperidine rings is 1. The molecule has 2 saturated heterocycles. The van der Waals surface area contributed by atoms with Crippen molar-refractivity contribution in [3.63, 3.8) is 0 Å². The van der Waals surface area contributed by atoms with E-state index >= 15 is 0 Å². The molecule has 0 N–H and O–H groups in total. The summed E-state index contributed by atoms with van der Waals surface area (Å²) in [6.45, 7) is 8.03. The van der Waals surface area contributed by atoms with Gasteiger partial charge in [-0.1, -0.05) is 43.3 Å². The number of likely N-dealkylation sites (tertiary alicyclic amines) is 1. The predicted molar refractivity (Wildman–Crippen MR) is 134 cm³/mol. The highest BCUT2D eigenvalue weighted by Crippen LogP contribution is 2.34. The molecule has 3 aromatic rings. The molecule has 0 radical (unpaired) electrons. The van der Waals surface area contributed by atoms with Gasteiger partial charge in [0.05, 0.1) is 13.2 Å². The molecule has 1 aromatic carbocycles. The molecule has 180 valence electrons. The lowest BCUT2D eigenvalue weighted by Crippen LogP contribution is -2.50. The van der Waals surface area contributed by atoms with Crippen molar-refractivity contribution in [3.05, 3.63) is 72.2 Å². The lowest BCUT2D eigenvalue weighted by atomic mass is 9.78. The van der Waals surface area contributed by atoms with Crippen LogP contribution in [0, 0.1) is 11.3 Å². The molecule has 0 bridgehead atoms. The number of hydrogen-bond donors (Lipinski definition) is 0. The third-order valence-electron chi connectivity index (χ3n) is 7.63. The van der Waals surface area contributed by atoms with Crippen LogP contribution < -0.4 is 0 Å². The molecule has 0 aliphatic carbocycles. The van der Waals surface area contributed by atoms with Crippen molar-refractivity contribution in [2.45, 2.75) is 32.6 Å². The standard InChI is InChI=1S/C28H36N4O2/c1-28(10-14-30(15-11-28)13-9-23-5-3-2-4-6-23)27(33)32-17-18-34-22-25(21-32)19-24-7-8-26-29-12-16-31(26)20-24/h2-8,12,16,20,25H,9-11,13-15,17-19,21-22H2,1H3. The number of rotatable bonds is 6. The molecular formula is C28H36N4O2. The molecule has 1 amide bonds. The van der Waals surface area contributed by atoms with Gasteiger partial charge in [-0.15, -0.1) is 0 Å². The summed E-state index contributed by atoms with van der Waals surface area (Å²) in [4.78, 5) is 22.6. The Kier molecular flexibility index (Phi) is 6.97. The van der Waals surface area contributed by atoms with Crippen LogP contribution in [0.15, 0.2) is 61.1 Å². The molecule has 1 unspecified atom stereocenters. The van der Waals surface area contributed by atoms with Crippen LogP contribution in [0.25, 0.3) is 5.65 Å². The Morgan fingerprint density at radius 1 is 1.09 bits per heavy atom. The van der Waals surface area contributed by atoms with Crippen LogP contribution in [0.1, 0.15) is 30.9 Å². The van der Waals surface area contributed by atoms with E-state index in [2.05, 4.69) is 74.8 Å². The van der Waals surface area contributed by atoms with Crippen LogP contribution in [-0.4, -0.2) is 71.0 Å². The zero-order valence-corrected chi connectivity index (χ0v) is 20.2. The lowest BCUT2D eigenvalue weighted by Gasteiger charge is -2.41. The Labute approximate surface area is 202 Å². The summed E-state index contributed by atoms with van der Waals surface area (Å²) in [5, 5.41) is 0. The van der Waals surface area contributed by atoms with E-state index in [4.69, 9.17) is 4.74 Å². The Morgan fingerprint density at radius 2 is 1.91 bits per heavy atom. The zero-order chi connectivity index (χ0) is 23.4. The summed E-state index contributed by atoms with van der Waals surface area (Å²) < 4.78 is 7.98. The molecule has 6 nitrogen and oxygen atoms in total. The predicted octanol–water partition coefficient (Wildman–Crippen LogP) is 3.70. The average molecular weight is 461 g/mol. The monoisotopic (exact) mass is 460 g/mol. The van der Waals surface area contributed by atoms with Gasteiger partial charge in [0, 0.05) is 49.6 Å². The first-order valence-electron chi connectivity index (χ1n) is 12.6. The second kappa shape index (κ2) is 10.3. The average Bonchev–Trinajstić information content (AvgIpc) is 3.21. The number of amides is 1. The molecule has 1 atom stereocenters. The van der Waals surface area contributed by atoms with Gasteiger partial charge in [0.15, 0.2) is 0 Å². The number of hydrogen-bond acceptors (Lipinski definition) is 4. The number of imidazole rings is 1. The minimum atomic E-state index is -0.270. The molecule has 4 heterocycles. The van der Waals surface area contributed by atoms with E-state index < -0.39 is 0 Å². The van der Waals surface area contributed by atoms with Crippen molar-refractivity contribution in [1.29, 1.82) is 0 Å². The second-order valence-electron chi connectivity index (χ2n) is 10.3. The Balaban J connectivity index is 1.16. The minimum absolute atomic E-state index is 0.270. The van der Waals surface area contributed by atoms with Crippen LogP contribution in [0.3, 0.4) is 0 Å². The van der Waals surface area contributed by atoms with Gasteiger partial charge in [-0.3, -0.25) is 4.79 Å². The molecule has 0 spiro atoms. The summed E-state index contributed by atoms with van der Waals surface area (Å²) in [7, 11) is 0. The Bertz CT molecular complexity index is 1090. The maximum atomic E-state index is 13.7. The van der Waals surface area contributed by atoms with E-state index in [0.717, 1.165) is 57.5 Å². The fourth-order valence-electron chi connectivity index (χ4n) is 5.41. The van der Waals surface area contributed by atoms with Crippen molar-refractivity contribution < 1.29 is 9.53 Å². The summed E-state index contributed by atoms with van der Waals surface area (Å²) in [5.74, 6) is 0.623. The van der Waals surface area contributed by atoms with Gasteiger partial charge in [0.25, 0.3) is 0 Å². The molecule has 2 aliphatic rings. The maximum absolute atomic E-state index is 13.7. The topological polar surface area (TPSA) is 50.1 Å². The normalized spacial score (nSPS) is 21.4. The van der Waals surface area contributed by atoms with Crippen molar-refractivity contribution in [1.82, 2.24) is 19.2 Å². The number of ether oxygens (including phenoxy) is 1. The number of aromatic nitrogens is 2. The number of pyridine rings is 1. The number of carbonyl (C=O) groups excluding carboxylic acids is 1. The van der Waals surface area contributed by atoms with Crippen LogP contribution in [-0.2, 0) is 22.4 Å². The highest BCUT2D eigenvalue weighted by atomic mass is 16.5. The number of fused-ring (bicyclic) bond motifs is 1. The van der Waals surface area contributed by atoms with Gasteiger partial charge in [-0.2, -0.15) is 0 Å². The van der Waals surface area contributed by atoms with Crippen molar-refractivity contribution >= 4 is 11.6 Å². The van der Waals surface area contributed by atoms with Crippen molar-refractivity contribution in [2.75, 3.05) is 45.9 Å². The van der Waals surface area contributed by atoms with Gasteiger partial charge in [0.2, 0.25) is 5.91 Å². The third-order valence-corrected chi connectivity index (χ3v) is 7.63. The molecule has 2 aromatic heterocycles. The van der Waals surface area contributed by atoms with Crippen LogP contribution in [0.2, 0.25) is 0 Å². The summed E-state index contributed by atoms with van der Waals surface area (Å²) >= 11 is 0. The SMILES string of the molecule is CC1(C(=O)N2CCOCC(Cc3ccc4nccn4c3)C2)CCN(CCc2ccccc2)CC1. The minimum Gasteiger partial charge on any atom is -0.379 e. The van der Waals surface area contributed by atoms with Crippen molar-refractivity contribution in [3.8, 4) is 0 Å². The molecule has 0 saturated carbocycles. The highest BCUT2D eigenvalue weighted by Gasteiger charge is 2.40. The largest absolute Gasteiger partial charge is 0.379 e. The van der Waals surface area contributed by atoms with Gasteiger partial charge in [-0.25, -0.2) is 4.98 Å². The van der Waals surface area contributed by atoms with E-state index in [-0.39, 0.29) is 5.41 Å².